The minimum Gasteiger partial charge on any atom is -0.491 e. The van der Waals surface area contributed by atoms with Crippen LogP contribution in [0, 0.1) is 0 Å². The largest absolute Gasteiger partial charge is 0.491 e. The number of rotatable bonds is 4. The van der Waals surface area contributed by atoms with Crippen LogP contribution >= 0.6 is 0 Å². The van der Waals surface area contributed by atoms with Gasteiger partial charge in [-0.1, -0.05) is 0 Å². The predicted octanol–water partition coefficient (Wildman–Crippen LogP) is 2.29. The Morgan fingerprint density at radius 1 is 1.40 bits per heavy atom. The van der Waals surface area contributed by atoms with Crippen LogP contribution in [-0.2, 0) is 4.74 Å². The van der Waals surface area contributed by atoms with Gasteiger partial charge in [0.2, 0.25) is 0 Å². The van der Waals surface area contributed by atoms with Crippen LogP contribution in [0.2, 0.25) is 0 Å². The van der Waals surface area contributed by atoms with E-state index in [1.54, 1.807) is 0 Å². The zero-order valence-electron chi connectivity index (χ0n) is 9.03. The molecule has 1 heterocycles. The highest BCUT2D eigenvalue weighted by molar-refractivity contribution is 5.45. The molecule has 0 bridgehead atoms. The summed E-state index contributed by atoms with van der Waals surface area (Å²) in [6.07, 6.45) is 2.57. The van der Waals surface area contributed by atoms with Crippen molar-refractivity contribution in [1.29, 1.82) is 0 Å². The first-order valence-electron chi connectivity index (χ1n) is 5.41. The van der Waals surface area contributed by atoms with Crippen LogP contribution in [0.25, 0.3) is 0 Å². The van der Waals surface area contributed by atoms with Crippen molar-refractivity contribution in [2.75, 3.05) is 25.6 Å². The smallest absolute Gasteiger partial charge is 0.119 e. The first-order chi connectivity index (χ1) is 7.38. The van der Waals surface area contributed by atoms with Crippen molar-refractivity contribution in [3.63, 3.8) is 0 Å². The monoisotopic (exact) mass is 207 g/mol. The van der Waals surface area contributed by atoms with Gasteiger partial charge in [-0.3, -0.25) is 0 Å². The van der Waals surface area contributed by atoms with Gasteiger partial charge in [0.15, 0.2) is 0 Å². The number of ether oxygens (including phenoxy) is 2. The number of hydrogen-bond donors (Lipinski definition) is 1. The molecule has 2 rings (SSSR count). The summed E-state index contributed by atoms with van der Waals surface area (Å²) < 4.78 is 11.1. The number of benzene rings is 1. The predicted molar refractivity (Wildman–Crippen MR) is 60.5 cm³/mol. The van der Waals surface area contributed by atoms with Crippen molar-refractivity contribution in [2.45, 2.75) is 18.9 Å². The van der Waals surface area contributed by atoms with E-state index in [2.05, 4.69) is 5.32 Å². The molecule has 1 aliphatic rings. The van der Waals surface area contributed by atoms with Gasteiger partial charge in [-0.25, -0.2) is 0 Å². The molecular formula is C12H17NO2. The fourth-order valence-electron chi connectivity index (χ4n) is 1.68. The second-order valence-electron chi connectivity index (χ2n) is 3.72. The van der Waals surface area contributed by atoms with Crippen LogP contribution in [-0.4, -0.2) is 26.4 Å². The standard InChI is InChI=1S/C12H17NO2/c1-13-10-4-6-11(7-5-10)15-9-12-3-2-8-14-12/h4-7,12-13H,2-3,8-9H2,1H3. The van der Waals surface area contributed by atoms with E-state index in [9.17, 15) is 0 Å². The molecule has 1 fully saturated rings. The van der Waals surface area contributed by atoms with Crippen molar-refractivity contribution in [3.05, 3.63) is 24.3 Å². The molecule has 1 aromatic carbocycles. The minimum atomic E-state index is 0.286. The molecule has 1 aromatic rings. The van der Waals surface area contributed by atoms with E-state index in [0.717, 1.165) is 30.9 Å². The lowest BCUT2D eigenvalue weighted by atomic mass is 10.2. The number of hydrogen-bond acceptors (Lipinski definition) is 3. The Morgan fingerprint density at radius 3 is 2.80 bits per heavy atom. The summed E-state index contributed by atoms with van der Waals surface area (Å²) in [5, 5.41) is 3.07. The van der Waals surface area contributed by atoms with Crippen LogP contribution in [0.4, 0.5) is 5.69 Å². The minimum absolute atomic E-state index is 0.286. The van der Waals surface area contributed by atoms with Crippen LogP contribution < -0.4 is 10.1 Å². The molecule has 1 saturated heterocycles. The summed E-state index contributed by atoms with van der Waals surface area (Å²) in [6, 6.07) is 7.96. The zero-order chi connectivity index (χ0) is 10.5. The lowest BCUT2D eigenvalue weighted by molar-refractivity contribution is 0.0679. The van der Waals surface area contributed by atoms with E-state index in [1.165, 1.54) is 0 Å². The molecule has 3 nitrogen and oxygen atoms in total. The SMILES string of the molecule is CNc1ccc(OCC2CCCO2)cc1. The fraction of sp³-hybridized carbons (Fsp3) is 0.500. The third-order valence-corrected chi connectivity index (χ3v) is 2.60. The first-order valence-corrected chi connectivity index (χ1v) is 5.41. The molecule has 0 radical (unpaired) electrons. The van der Waals surface area contributed by atoms with Gasteiger partial charge in [0.1, 0.15) is 12.4 Å². The molecule has 0 aliphatic carbocycles. The molecule has 0 saturated carbocycles. The summed E-state index contributed by atoms with van der Waals surface area (Å²) in [5.74, 6) is 0.907. The first kappa shape index (κ1) is 10.3. The normalized spacial score (nSPS) is 20.2. The molecule has 1 atom stereocenters. The Morgan fingerprint density at radius 2 is 2.20 bits per heavy atom. The van der Waals surface area contributed by atoms with E-state index in [0.29, 0.717) is 6.61 Å². The van der Waals surface area contributed by atoms with Crippen molar-refractivity contribution in [2.24, 2.45) is 0 Å². The second kappa shape index (κ2) is 5.03. The maximum absolute atomic E-state index is 5.64. The second-order valence-corrected chi connectivity index (χ2v) is 3.72. The van der Waals surface area contributed by atoms with Gasteiger partial charge in [-0.2, -0.15) is 0 Å². The molecule has 3 heteroatoms. The van der Waals surface area contributed by atoms with Crippen molar-refractivity contribution < 1.29 is 9.47 Å². The molecule has 1 unspecified atom stereocenters. The Labute approximate surface area is 90.4 Å². The van der Waals surface area contributed by atoms with Crippen molar-refractivity contribution >= 4 is 5.69 Å². The maximum Gasteiger partial charge on any atom is 0.119 e. The zero-order valence-corrected chi connectivity index (χ0v) is 9.03. The molecule has 1 N–H and O–H groups in total. The fourth-order valence-corrected chi connectivity index (χ4v) is 1.68. The van der Waals surface area contributed by atoms with E-state index in [1.807, 2.05) is 31.3 Å². The molecule has 0 amide bonds. The van der Waals surface area contributed by atoms with E-state index < -0.39 is 0 Å². The number of nitrogens with one attached hydrogen (secondary N) is 1. The van der Waals surface area contributed by atoms with Gasteiger partial charge in [0.05, 0.1) is 6.10 Å². The van der Waals surface area contributed by atoms with Crippen LogP contribution in [0.3, 0.4) is 0 Å². The third kappa shape index (κ3) is 2.86. The highest BCUT2D eigenvalue weighted by Crippen LogP contribution is 2.17. The highest BCUT2D eigenvalue weighted by Gasteiger charge is 2.15. The van der Waals surface area contributed by atoms with E-state index in [4.69, 9.17) is 9.47 Å². The summed E-state index contributed by atoms with van der Waals surface area (Å²) in [7, 11) is 1.90. The highest BCUT2D eigenvalue weighted by atomic mass is 16.5. The molecule has 0 spiro atoms. The molecule has 1 aliphatic heterocycles. The molecule has 0 aromatic heterocycles. The van der Waals surface area contributed by atoms with Crippen LogP contribution in [0.15, 0.2) is 24.3 Å². The molecule has 15 heavy (non-hydrogen) atoms. The van der Waals surface area contributed by atoms with Gasteiger partial charge < -0.3 is 14.8 Å². The maximum atomic E-state index is 5.64. The lowest BCUT2D eigenvalue weighted by Gasteiger charge is -2.11. The molecular weight excluding hydrogens is 190 g/mol. The van der Waals surface area contributed by atoms with E-state index in [-0.39, 0.29) is 6.10 Å². The van der Waals surface area contributed by atoms with Crippen molar-refractivity contribution in [3.8, 4) is 5.75 Å². The van der Waals surface area contributed by atoms with Crippen molar-refractivity contribution in [1.82, 2.24) is 0 Å². The Balaban J connectivity index is 1.82. The van der Waals surface area contributed by atoms with Gasteiger partial charge in [-0.05, 0) is 37.1 Å². The average Bonchev–Trinajstić information content (AvgIpc) is 2.80. The summed E-state index contributed by atoms with van der Waals surface area (Å²) >= 11 is 0. The topological polar surface area (TPSA) is 30.5 Å². The Bertz CT molecular complexity index is 291. The van der Waals surface area contributed by atoms with Gasteiger partial charge in [-0.15, -0.1) is 0 Å². The van der Waals surface area contributed by atoms with Gasteiger partial charge >= 0.3 is 0 Å². The van der Waals surface area contributed by atoms with Gasteiger partial charge in [0.25, 0.3) is 0 Å². The third-order valence-electron chi connectivity index (χ3n) is 2.60. The Kier molecular flexibility index (Phi) is 3.45. The quantitative estimate of drug-likeness (QED) is 0.821. The van der Waals surface area contributed by atoms with Gasteiger partial charge in [0, 0.05) is 19.3 Å². The lowest BCUT2D eigenvalue weighted by Crippen LogP contribution is -2.16. The molecule has 82 valence electrons. The van der Waals surface area contributed by atoms with E-state index >= 15 is 0 Å². The number of anilines is 1. The summed E-state index contributed by atoms with van der Waals surface area (Å²) in [5.41, 5.74) is 1.10. The van der Waals surface area contributed by atoms with Crippen LogP contribution in [0.1, 0.15) is 12.8 Å². The summed E-state index contributed by atoms with van der Waals surface area (Å²) in [4.78, 5) is 0. The van der Waals surface area contributed by atoms with Crippen LogP contribution in [0.5, 0.6) is 5.75 Å². The average molecular weight is 207 g/mol. The summed E-state index contributed by atoms with van der Waals surface area (Å²) in [6.45, 7) is 1.55. The Hall–Kier alpha value is -1.22.